The maximum absolute atomic E-state index is 12.4. The molecular formula is C14H13F2NO3S2. The standard InChI is InChI=1S/C14H13F2NO3S2/c15-11(16)7-1-6(2-7)5-17-12(18)9-3-8-4-10(13(19)20)22-14(8)21-9/h3-4,6-7,11H,1-2,5H2,(H,17,18)(H,19,20). The van der Waals surface area contributed by atoms with Gasteiger partial charge in [0.05, 0.1) is 8.89 Å². The maximum atomic E-state index is 12.4. The summed E-state index contributed by atoms with van der Waals surface area (Å²) >= 11 is 2.39. The first-order valence-electron chi connectivity index (χ1n) is 6.77. The molecule has 22 heavy (non-hydrogen) atoms. The van der Waals surface area contributed by atoms with E-state index in [0.29, 0.717) is 24.3 Å². The number of alkyl halides is 2. The average molecular weight is 345 g/mol. The monoisotopic (exact) mass is 345 g/mol. The first-order chi connectivity index (χ1) is 10.4. The predicted octanol–water partition coefficient (Wildman–Crippen LogP) is 3.68. The Morgan fingerprint density at radius 1 is 1.27 bits per heavy atom. The molecular weight excluding hydrogens is 332 g/mol. The van der Waals surface area contributed by atoms with E-state index in [1.807, 2.05) is 0 Å². The van der Waals surface area contributed by atoms with Crippen molar-refractivity contribution in [2.75, 3.05) is 6.54 Å². The van der Waals surface area contributed by atoms with Gasteiger partial charge in [-0.1, -0.05) is 0 Å². The summed E-state index contributed by atoms with van der Waals surface area (Å²) < 4.78 is 25.5. The van der Waals surface area contributed by atoms with Crippen LogP contribution in [-0.2, 0) is 0 Å². The van der Waals surface area contributed by atoms with E-state index in [1.165, 1.54) is 11.3 Å². The number of rotatable bonds is 5. The largest absolute Gasteiger partial charge is 0.477 e. The van der Waals surface area contributed by atoms with Crippen LogP contribution in [0.1, 0.15) is 32.2 Å². The first-order valence-corrected chi connectivity index (χ1v) is 8.40. The molecule has 0 spiro atoms. The molecule has 1 fully saturated rings. The molecule has 0 aromatic carbocycles. The number of hydrogen-bond donors (Lipinski definition) is 2. The van der Waals surface area contributed by atoms with Gasteiger partial charge in [-0.3, -0.25) is 4.79 Å². The van der Waals surface area contributed by atoms with Crippen LogP contribution in [-0.4, -0.2) is 30.0 Å². The molecule has 1 aliphatic rings. The second-order valence-electron chi connectivity index (χ2n) is 5.41. The number of carbonyl (C=O) groups is 2. The number of carboxylic acids is 1. The van der Waals surface area contributed by atoms with Crippen molar-refractivity contribution >= 4 is 43.9 Å². The first kappa shape index (κ1) is 15.4. The Bertz CT molecular complexity index is 687. The van der Waals surface area contributed by atoms with Gasteiger partial charge in [-0.15, -0.1) is 22.7 Å². The highest BCUT2D eigenvalue weighted by Gasteiger charge is 2.35. The van der Waals surface area contributed by atoms with Crippen molar-refractivity contribution < 1.29 is 23.5 Å². The van der Waals surface area contributed by atoms with E-state index in [-0.39, 0.29) is 16.7 Å². The van der Waals surface area contributed by atoms with Gasteiger partial charge in [-0.2, -0.15) is 0 Å². The number of thiophene rings is 2. The van der Waals surface area contributed by atoms with Crippen LogP contribution in [0.3, 0.4) is 0 Å². The van der Waals surface area contributed by atoms with Crippen molar-refractivity contribution in [2.45, 2.75) is 19.3 Å². The topological polar surface area (TPSA) is 66.4 Å². The van der Waals surface area contributed by atoms with Gasteiger partial charge in [-0.25, -0.2) is 13.6 Å². The van der Waals surface area contributed by atoms with E-state index in [1.54, 1.807) is 12.1 Å². The number of amides is 1. The molecule has 2 aromatic rings. The lowest BCUT2D eigenvalue weighted by Crippen LogP contribution is -2.38. The molecule has 118 valence electrons. The lowest BCUT2D eigenvalue weighted by molar-refractivity contribution is 0.00331. The van der Waals surface area contributed by atoms with Crippen LogP contribution in [0.15, 0.2) is 12.1 Å². The molecule has 3 rings (SSSR count). The van der Waals surface area contributed by atoms with E-state index in [4.69, 9.17) is 5.11 Å². The van der Waals surface area contributed by atoms with E-state index >= 15 is 0 Å². The number of carboxylic acid groups (broad SMARTS) is 1. The zero-order valence-corrected chi connectivity index (χ0v) is 13.0. The number of halogens is 2. The quantitative estimate of drug-likeness (QED) is 0.869. The smallest absolute Gasteiger partial charge is 0.345 e. The highest BCUT2D eigenvalue weighted by molar-refractivity contribution is 7.39. The Labute approximate surface area is 132 Å². The van der Waals surface area contributed by atoms with Crippen molar-refractivity contribution in [3.8, 4) is 0 Å². The summed E-state index contributed by atoms with van der Waals surface area (Å²) in [7, 11) is 0. The summed E-state index contributed by atoms with van der Waals surface area (Å²) in [5.74, 6) is -1.60. The third-order valence-electron chi connectivity index (χ3n) is 3.83. The predicted molar refractivity (Wildman–Crippen MR) is 81.2 cm³/mol. The van der Waals surface area contributed by atoms with Crippen LogP contribution in [0.2, 0.25) is 0 Å². The van der Waals surface area contributed by atoms with Crippen molar-refractivity contribution in [3.63, 3.8) is 0 Å². The molecule has 0 unspecified atom stereocenters. The summed E-state index contributed by atoms with van der Waals surface area (Å²) in [6.07, 6.45) is -1.35. The van der Waals surface area contributed by atoms with E-state index in [0.717, 1.165) is 20.7 Å². The molecule has 0 saturated heterocycles. The maximum Gasteiger partial charge on any atom is 0.345 e. The zero-order chi connectivity index (χ0) is 15.9. The van der Waals surface area contributed by atoms with Crippen LogP contribution < -0.4 is 5.32 Å². The summed E-state index contributed by atoms with van der Waals surface area (Å²) in [5, 5.41) is 12.4. The van der Waals surface area contributed by atoms with E-state index in [9.17, 15) is 18.4 Å². The van der Waals surface area contributed by atoms with Gasteiger partial charge in [0.1, 0.15) is 4.88 Å². The Balaban J connectivity index is 1.56. The summed E-state index contributed by atoms with van der Waals surface area (Å²) in [5.41, 5.74) is 0. The van der Waals surface area contributed by atoms with Crippen molar-refractivity contribution in [1.29, 1.82) is 0 Å². The SMILES string of the molecule is O=C(O)c1cc2cc(C(=O)NCC3CC(C(F)F)C3)sc2s1. The average Bonchev–Trinajstić information content (AvgIpc) is 2.93. The Hall–Kier alpha value is -1.54. The Morgan fingerprint density at radius 3 is 2.50 bits per heavy atom. The molecule has 8 heteroatoms. The van der Waals surface area contributed by atoms with Gasteiger partial charge in [0, 0.05) is 17.8 Å². The molecule has 0 radical (unpaired) electrons. The van der Waals surface area contributed by atoms with Gasteiger partial charge in [0.25, 0.3) is 5.91 Å². The van der Waals surface area contributed by atoms with Gasteiger partial charge in [0.15, 0.2) is 0 Å². The lowest BCUT2D eigenvalue weighted by Gasteiger charge is -2.34. The second kappa shape index (κ2) is 5.92. The third kappa shape index (κ3) is 2.98. The van der Waals surface area contributed by atoms with Gasteiger partial charge in [0.2, 0.25) is 6.43 Å². The van der Waals surface area contributed by atoms with Crippen LogP contribution >= 0.6 is 22.7 Å². The summed E-state index contributed by atoms with van der Waals surface area (Å²) in [6.45, 7) is 0.411. The van der Waals surface area contributed by atoms with Crippen LogP contribution in [0.4, 0.5) is 8.78 Å². The minimum absolute atomic E-state index is 0.127. The number of aromatic carboxylic acids is 1. The van der Waals surface area contributed by atoms with Gasteiger partial charge < -0.3 is 10.4 Å². The number of hydrogen-bond acceptors (Lipinski definition) is 4. The summed E-state index contributed by atoms with van der Waals surface area (Å²) in [4.78, 5) is 23.7. The molecule has 2 N–H and O–H groups in total. The highest BCUT2D eigenvalue weighted by atomic mass is 32.2. The molecule has 1 saturated carbocycles. The normalized spacial score (nSPS) is 21.0. The van der Waals surface area contributed by atoms with Crippen LogP contribution in [0, 0.1) is 11.8 Å². The molecule has 2 heterocycles. The minimum Gasteiger partial charge on any atom is -0.477 e. The molecule has 0 atom stereocenters. The third-order valence-corrected chi connectivity index (χ3v) is 6.21. The fourth-order valence-electron chi connectivity index (χ4n) is 2.54. The molecule has 4 nitrogen and oxygen atoms in total. The lowest BCUT2D eigenvalue weighted by atomic mass is 9.75. The fraction of sp³-hybridized carbons (Fsp3) is 0.429. The number of fused-ring (bicyclic) bond motifs is 1. The van der Waals surface area contributed by atoms with Gasteiger partial charge >= 0.3 is 5.97 Å². The van der Waals surface area contributed by atoms with Crippen LogP contribution in [0.25, 0.3) is 9.40 Å². The van der Waals surface area contributed by atoms with E-state index < -0.39 is 18.3 Å². The van der Waals surface area contributed by atoms with Gasteiger partial charge in [-0.05, 0) is 30.9 Å². The summed E-state index contributed by atoms with van der Waals surface area (Å²) in [6, 6.07) is 3.22. The molecule has 0 bridgehead atoms. The van der Waals surface area contributed by atoms with Crippen molar-refractivity contribution in [3.05, 3.63) is 21.9 Å². The van der Waals surface area contributed by atoms with E-state index in [2.05, 4.69) is 5.32 Å². The van der Waals surface area contributed by atoms with Crippen LogP contribution in [0.5, 0.6) is 0 Å². The highest BCUT2D eigenvalue weighted by Crippen LogP contribution is 2.37. The molecule has 0 aliphatic heterocycles. The number of nitrogens with one attached hydrogen (secondary N) is 1. The van der Waals surface area contributed by atoms with Crippen molar-refractivity contribution in [1.82, 2.24) is 5.32 Å². The Morgan fingerprint density at radius 2 is 1.91 bits per heavy atom. The van der Waals surface area contributed by atoms with Crippen molar-refractivity contribution in [2.24, 2.45) is 11.8 Å². The molecule has 1 aliphatic carbocycles. The Kier molecular flexibility index (Phi) is 4.14. The number of carbonyl (C=O) groups excluding carboxylic acids is 1. The zero-order valence-electron chi connectivity index (χ0n) is 11.3. The molecule has 1 amide bonds. The minimum atomic E-state index is -2.26. The molecule has 2 aromatic heterocycles. The fourth-order valence-corrected chi connectivity index (χ4v) is 4.74. The second-order valence-corrected chi connectivity index (χ2v) is 7.77.